The van der Waals surface area contributed by atoms with E-state index in [0.717, 1.165) is 23.1 Å². The number of ether oxygens (including phenoxy) is 2. The van der Waals surface area contributed by atoms with Crippen LogP contribution in [0.4, 0.5) is 37.8 Å². The van der Waals surface area contributed by atoms with E-state index in [-0.39, 0.29) is 25.8 Å². The van der Waals surface area contributed by atoms with Crippen molar-refractivity contribution in [1.82, 2.24) is 29.8 Å². The van der Waals surface area contributed by atoms with Crippen LogP contribution >= 0.6 is 0 Å². The molecule has 1 saturated heterocycles. The molecule has 17 heteroatoms. The summed E-state index contributed by atoms with van der Waals surface area (Å²) in [5.74, 6) is 0.987. The number of anilines is 2. The summed E-state index contributed by atoms with van der Waals surface area (Å²) in [6.07, 6.45) is -5.96. The Morgan fingerprint density at radius 2 is 1.76 bits per heavy atom. The van der Waals surface area contributed by atoms with Crippen LogP contribution in [0.25, 0.3) is 0 Å². The maximum absolute atomic E-state index is 13.9. The molecule has 1 aliphatic heterocycles. The van der Waals surface area contributed by atoms with Crippen molar-refractivity contribution in [3.05, 3.63) is 87.7 Å². The molecule has 5 rings (SSSR count). The lowest BCUT2D eigenvalue weighted by atomic mass is 10.1. The van der Waals surface area contributed by atoms with Crippen LogP contribution in [0.1, 0.15) is 35.3 Å². The van der Waals surface area contributed by atoms with Crippen LogP contribution in [-0.4, -0.2) is 62.6 Å². The number of methoxy groups -OCH3 is 1. The number of pyridine rings is 1. The molecule has 1 fully saturated rings. The monoisotopic (exact) mass is 638 g/mol. The quantitative estimate of drug-likeness (QED) is 0.239. The first-order valence-corrected chi connectivity index (χ1v) is 13.6. The molecule has 0 aliphatic carbocycles. The summed E-state index contributed by atoms with van der Waals surface area (Å²) in [7, 11) is 1.49. The predicted molar refractivity (Wildman–Crippen MR) is 149 cm³/mol. The van der Waals surface area contributed by atoms with Crippen LogP contribution in [0.5, 0.6) is 5.75 Å². The number of hydrogen-bond donors (Lipinski definition) is 1. The number of halogens is 6. The summed E-state index contributed by atoms with van der Waals surface area (Å²) in [5, 5.41) is 14.7. The Labute approximate surface area is 252 Å². The van der Waals surface area contributed by atoms with Gasteiger partial charge in [0, 0.05) is 25.3 Å². The van der Waals surface area contributed by atoms with Gasteiger partial charge < -0.3 is 19.7 Å². The van der Waals surface area contributed by atoms with E-state index in [1.54, 1.807) is 47.0 Å². The number of alkyl halides is 6. The zero-order valence-corrected chi connectivity index (χ0v) is 24.0. The van der Waals surface area contributed by atoms with Gasteiger partial charge in [0.05, 0.1) is 56.6 Å². The van der Waals surface area contributed by atoms with Gasteiger partial charge in [-0.2, -0.15) is 31.4 Å². The minimum absolute atomic E-state index is 0.0180. The first-order chi connectivity index (χ1) is 21.3. The van der Waals surface area contributed by atoms with Crippen molar-refractivity contribution in [2.24, 2.45) is 0 Å². The van der Waals surface area contributed by atoms with Gasteiger partial charge >= 0.3 is 12.4 Å². The fraction of sp³-hybridized carbons (Fsp3) is 0.393. The maximum Gasteiger partial charge on any atom is 0.423 e. The summed E-state index contributed by atoms with van der Waals surface area (Å²) in [5.41, 5.74) is -2.87. The maximum atomic E-state index is 13.9. The van der Waals surface area contributed by atoms with Crippen LogP contribution in [-0.2, 0) is 30.2 Å². The molecule has 11 nitrogen and oxygen atoms in total. The van der Waals surface area contributed by atoms with Crippen molar-refractivity contribution in [3.63, 3.8) is 0 Å². The molecule has 0 spiro atoms. The lowest BCUT2D eigenvalue weighted by Gasteiger charge is -2.39. The molecule has 0 radical (unpaired) electrons. The van der Waals surface area contributed by atoms with Crippen molar-refractivity contribution in [3.8, 4) is 5.75 Å². The molecule has 1 N–H and O–H groups in total. The van der Waals surface area contributed by atoms with Gasteiger partial charge in [-0.1, -0.05) is 17.3 Å². The molecule has 1 aromatic carbocycles. The Balaban J connectivity index is 1.13. The van der Waals surface area contributed by atoms with Gasteiger partial charge in [0.15, 0.2) is 0 Å². The first kappa shape index (κ1) is 31.7. The van der Waals surface area contributed by atoms with Crippen molar-refractivity contribution < 1.29 is 35.8 Å². The largest absolute Gasteiger partial charge is 0.497 e. The molecule has 1 unspecified atom stereocenters. The smallest absolute Gasteiger partial charge is 0.423 e. The van der Waals surface area contributed by atoms with E-state index >= 15 is 0 Å². The third-order valence-corrected chi connectivity index (χ3v) is 7.03. The number of hydrogen-bond acceptors (Lipinski definition) is 9. The van der Waals surface area contributed by atoms with Gasteiger partial charge in [-0.15, -0.1) is 5.10 Å². The topological polar surface area (TPSA) is 112 Å². The van der Waals surface area contributed by atoms with Gasteiger partial charge in [0.25, 0.3) is 5.56 Å². The van der Waals surface area contributed by atoms with Crippen molar-refractivity contribution in [1.29, 1.82) is 0 Å². The predicted octanol–water partition coefficient (Wildman–Crippen LogP) is 4.40. The second-order valence-electron chi connectivity index (χ2n) is 10.5. The van der Waals surface area contributed by atoms with Crippen LogP contribution < -0.4 is 20.5 Å². The second kappa shape index (κ2) is 12.7. The average molecular weight is 639 g/mol. The molecule has 4 aromatic rings. The molecule has 0 saturated carbocycles. The third kappa shape index (κ3) is 7.53. The summed E-state index contributed by atoms with van der Waals surface area (Å²) >= 11 is 0. The SMILES string of the molecule is COc1ccc(Cn2ncc(NC(C)COCc3cn(C4CN(c5ccc(C(F)(F)F)cn5)C4)nn3)c(C(F)(F)F)c2=O)cc1. The highest BCUT2D eigenvalue weighted by Gasteiger charge is 2.38. The number of nitrogens with zero attached hydrogens (tertiary/aromatic N) is 7. The Bertz CT molecular complexity index is 1650. The van der Waals surface area contributed by atoms with Gasteiger partial charge in [0.1, 0.15) is 22.8 Å². The number of rotatable bonds is 11. The molecule has 0 amide bonds. The van der Waals surface area contributed by atoms with E-state index < -0.39 is 40.8 Å². The molecular formula is C28H28F6N8O3. The van der Waals surface area contributed by atoms with E-state index in [2.05, 4.69) is 25.7 Å². The molecular weight excluding hydrogens is 610 g/mol. The van der Waals surface area contributed by atoms with Gasteiger partial charge in [-0.25, -0.2) is 14.3 Å². The Morgan fingerprint density at radius 1 is 1.02 bits per heavy atom. The molecule has 45 heavy (non-hydrogen) atoms. The summed E-state index contributed by atoms with van der Waals surface area (Å²) in [4.78, 5) is 18.5. The van der Waals surface area contributed by atoms with E-state index in [9.17, 15) is 31.1 Å². The Morgan fingerprint density at radius 3 is 2.38 bits per heavy atom. The average Bonchev–Trinajstić information content (AvgIpc) is 3.41. The summed E-state index contributed by atoms with van der Waals surface area (Å²) < 4.78 is 93.1. The van der Waals surface area contributed by atoms with Crippen LogP contribution in [0.15, 0.2) is 59.8 Å². The highest BCUT2D eigenvalue weighted by Crippen LogP contribution is 2.33. The minimum Gasteiger partial charge on any atom is -0.497 e. The number of benzene rings is 1. The molecule has 240 valence electrons. The Hall–Kier alpha value is -4.67. The number of aromatic nitrogens is 6. The highest BCUT2D eigenvalue weighted by molar-refractivity contribution is 5.50. The van der Waals surface area contributed by atoms with Crippen molar-refractivity contribution in [2.45, 2.75) is 44.5 Å². The minimum atomic E-state index is -4.93. The lowest BCUT2D eigenvalue weighted by Crippen LogP contribution is -2.48. The van der Waals surface area contributed by atoms with Crippen LogP contribution in [0.3, 0.4) is 0 Å². The lowest BCUT2D eigenvalue weighted by molar-refractivity contribution is -0.139. The van der Waals surface area contributed by atoms with Crippen molar-refractivity contribution in [2.75, 3.05) is 37.0 Å². The van der Waals surface area contributed by atoms with E-state index in [1.165, 1.54) is 13.2 Å². The van der Waals surface area contributed by atoms with Crippen LogP contribution in [0.2, 0.25) is 0 Å². The summed E-state index contributed by atoms with van der Waals surface area (Å²) in [6, 6.07) is 8.12. The standard InChI is InChI=1S/C28H28F6N8O3/c1-17(37-23-10-36-42(26(43)25(23)28(32,33)34)11-18-3-6-22(44-2)7-4-18)15-45-16-20-12-41(39-38-20)21-13-40(14-21)24-8-5-19(9-35-24)27(29,30)31/h3-10,12,17,21,37H,11,13-16H2,1-2H3. The van der Waals surface area contributed by atoms with Gasteiger partial charge in [0.2, 0.25) is 0 Å². The van der Waals surface area contributed by atoms with E-state index in [4.69, 9.17) is 9.47 Å². The highest BCUT2D eigenvalue weighted by atomic mass is 19.4. The van der Waals surface area contributed by atoms with Crippen molar-refractivity contribution >= 4 is 11.5 Å². The molecule has 4 heterocycles. The molecule has 1 aliphatic rings. The third-order valence-electron chi connectivity index (χ3n) is 7.03. The van der Waals surface area contributed by atoms with Crippen LogP contribution in [0, 0.1) is 0 Å². The second-order valence-corrected chi connectivity index (χ2v) is 10.5. The molecule has 3 aromatic heterocycles. The number of nitrogens with one attached hydrogen (secondary N) is 1. The normalized spacial score (nSPS) is 14.7. The van der Waals surface area contributed by atoms with Gasteiger partial charge in [-0.3, -0.25) is 4.79 Å². The van der Waals surface area contributed by atoms with E-state index in [0.29, 0.717) is 35.9 Å². The molecule has 0 bridgehead atoms. The zero-order chi connectivity index (χ0) is 32.4. The zero-order valence-electron chi connectivity index (χ0n) is 24.0. The summed E-state index contributed by atoms with van der Waals surface area (Å²) in [6.45, 7) is 2.38. The van der Waals surface area contributed by atoms with E-state index in [1.807, 2.05) is 0 Å². The fourth-order valence-corrected chi connectivity index (χ4v) is 4.64. The fourth-order valence-electron chi connectivity index (χ4n) is 4.64. The Kier molecular flexibility index (Phi) is 8.99. The van der Waals surface area contributed by atoms with Gasteiger partial charge in [-0.05, 0) is 36.8 Å². The molecule has 1 atom stereocenters. The first-order valence-electron chi connectivity index (χ1n) is 13.6.